The molecule has 0 aliphatic heterocycles. The number of alkyl halides is 15. The summed E-state index contributed by atoms with van der Waals surface area (Å²) < 4.78 is 201. The minimum Gasteiger partial charge on any atom is -0.393 e. The Bertz CT molecular complexity index is 698. The molecule has 0 atom stereocenters. The number of hydrogen-bond donors (Lipinski definition) is 0. The summed E-state index contributed by atoms with van der Waals surface area (Å²) in [6.07, 6.45) is -18.0. The number of ether oxygens (including phenoxy) is 1. The first-order valence-corrected chi connectivity index (χ1v) is 9.10. The van der Waals surface area contributed by atoms with E-state index in [9.17, 15) is 70.7 Å². The standard InChI is InChI=1S/C17H17F15O2/c1-2-10(33)34-17(31,32)16(29,30)15(27,28)14(25,26)13(23,24)11(18,19)8-6-4-3-5-7-9-12(20,21)22/h2H,1,3-9H2. The van der Waals surface area contributed by atoms with Gasteiger partial charge in [0.1, 0.15) is 0 Å². The van der Waals surface area contributed by atoms with Crippen LogP contribution in [-0.2, 0) is 9.53 Å². The van der Waals surface area contributed by atoms with Gasteiger partial charge in [-0.1, -0.05) is 25.8 Å². The average molecular weight is 538 g/mol. The molecule has 0 unspecified atom stereocenters. The van der Waals surface area contributed by atoms with Crippen LogP contribution in [0.2, 0.25) is 0 Å². The molecule has 0 saturated carbocycles. The van der Waals surface area contributed by atoms with Crippen LogP contribution in [0.15, 0.2) is 12.7 Å². The van der Waals surface area contributed by atoms with Crippen molar-refractivity contribution in [3.63, 3.8) is 0 Å². The molecule has 0 aromatic heterocycles. The molecule has 0 radical (unpaired) electrons. The Morgan fingerprint density at radius 1 is 0.588 bits per heavy atom. The highest BCUT2D eigenvalue weighted by atomic mass is 19.4. The second-order valence-electron chi connectivity index (χ2n) is 7.03. The van der Waals surface area contributed by atoms with Gasteiger partial charge in [-0.25, -0.2) is 4.79 Å². The molecule has 0 aliphatic rings. The summed E-state index contributed by atoms with van der Waals surface area (Å²) in [5.41, 5.74) is 0. The van der Waals surface area contributed by atoms with Crippen molar-refractivity contribution < 1.29 is 75.4 Å². The van der Waals surface area contributed by atoms with E-state index >= 15 is 0 Å². The van der Waals surface area contributed by atoms with Crippen LogP contribution in [0.3, 0.4) is 0 Å². The molecule has 0 aromatic carbocycles. The van der Waals surface area contributed by atoms with Gasteiger partial charge >= 0.3 is 47.9 Å². The monoisotopic (exact) mass is 538 g/mol. The van der Waals surface area contributed by atoms with Crippen molar-refractivity contribution >= 4 is 5.97 Å². The van der Waals surface area contributed by atoms with E-state index in [1.54, 1.807) is 0 Å². The third kappa shape index (κ3) is 6.64. The quantitative estimate of drug-likeness (QED) is 0.0978. The molecule has 202 valence electrons. The van der Waals surface area contributed by atoms with Gasteiger partial charge in [0.25, 0.3) is 0 Å². The van der Waals surface area contributed by atoms with E-state index in [2.05, 4.69) is 11.3 Å². The number of esters is 1. The van der Waals surface area contributed by atoms with E-state index in [1.165, 1.54) is 0 Å². The summed E-state index contributed by atoms with van der Waals surface area (Å²) >= 11 is 0. The molecule has 0 spiro atoms. The van der Waals surface area contributed by atoms with E-state index in [0.29, 0.717) is 0 Å². The number of rotatable bonds is 14. The van der Waals surface area contributed by atoms with Crippen LogP contribution >= 0.6 is 0 Å². The summed E-state index contributed by atoms with van der Waals surface area (Å²) in [4.78, 5) is 10.6. The minimum absolute atomic E-state index is 0.250. The Kier molecular flexibility index (Phi) is 9.85. The molecule has 0 heterocycles. The molecule has 0 bridgehead atoms. The van der Waals surface area contributed by atoms with Crippen molar-refractivity contribution in [1.29, 1.82) is 0 Å². The summed E-state index contributed by atoms with van der Waals surface area (Å²) in [7, 11) is 0. The van der Waals surface area contributed by atoms with E-state index < -0.39 is 80.0 Å². The van der Waals surface area contributed by atoms with Crippen molar-refractivity contribution in [2.75, 3.05) is 0 Å². The van der Waals surface area contributed by atoms with Crippen LogP contribution in [-0.4, -0.2) is 47.9 Å². The van der Waals surface area contributed by atoms with Gasteiger partial charge < -0.3 is 4.74 Å². The van der Waals surface area contributed by atoms with Crippen LogP contribution in [0.1, 0.15) is 44.9 Å². The first-order valence-electron chi connectivity index (χ1n) is 9.10. The number of unbranched alkanes of at least 4 members (excludes halogenated alkanes) is 4. The molecule has 0 amide bonds. The largest absolute Gasteiger partial charge is 0.473 e. The highest BCUT2D eigenvalue weighted by molar-refractivity contribution is 5.81. The third-order valence-electron chi connectivity index (χ3n) is 4.35. The predicted molar refractivity (Wildman–Crippen MR) is 84.3 cm³/mol. The fourth-order valence-electron chi connectivity index (χ4n) is 2.40. The maximum atomic E-state index is 13.7. The van der Waals surface area contributed by atoms with E-state index in [-0.39, 0.29) is 18.9 Å². The van der Waals surface area contributed by atoms with Gasteiger partial charge in [-0.05, 0) is 12.8 Å². The van der Waals surface area contributed by atoms with Crippen LogP contribution in [0, 0.1) is 0 Å². The Labute approximate surface area is 182 Å². The highest BCUT2D eigenvalue weighted by Gasteiger charge is 2.91. The second-order valence-corrected chi connectivity index (χ2v) is 7.03. The lowest BCUT2D eigenvalue weighted by molar-refractivity contribution is -0.450. The topological polar surface area (TPSA) is 26.3 Å². The zero-order valence-corrected chi connectivity index (χ0v) is 16.7. The normalized spacial score (nSPS) is 14.8. The predicted octanol–water partition coefficient (Wildman–Crippen LogP) is 7.78. The molecule has 0 aliphatic carbocycles. The summed E-state index contributed by atoms with van der Waals surface area (Å²) in [5.74, 6) is -39.3. The van der Waals surface area contributed by atoms with Gasteiger partial charge in [0.05, 0.1) is 0 Å². The van der Waals surface area contributed by atoms with Gasteiger partial charge in [-0.3, -0.25) is 0 Å². The van der Waals surface area contributed by atoms with Crippen molar-refractivity contribution in [2.24, 2.45) is 0 Å². The molecular weight excluding hydrogens is 521 g/mol. The SMILES string of the molecule is C=CC(=O)OC(F)(F)C(F)(F)C(F)(F)C(F)(F)C(F)(F)C(F)(F)CCCCCCCC(F)(F)F. The van der Waals surface area contributed by atoms with Crippen molar-refractivity contribution in [2.45, 2.75) is 86.8 Å². The highest BCUT2D eigenvalue weighted by Crippen LogP contribution is 2.60. The lowest BCUT2D eigenvalue weighted by atomic mass is 9.91. The molecule has 0 saturated heterocycles. The number of hydrogen-bond acceptors (Lipinski definition) is 2. The smallest absolute Gasteiger partial charge is 0.393 e. The number of carbonyl (C=O) groups excluding carboxylic acids is 1. The molecule has 0 N–H and O–H groups in total. The van der Waals surface area contributed by atoms with Gasteiger partial charge in [-0.2, -0.15) is 65.9 Å². The molecule has 2 nitrogen and oxygen atoms in total. The molecule has 0 aromatic rings. The van der Waals surface area contributed by atoms with E-state index in [4.69, 9.17) is 0 Å². The lowest BCUT2D eigenvalue weighted by Crippen LogP contribution is -2.71. The zero-order chi connectivity index (χ0) is 27.4. The van der Waals surface area contributed by atoms with Crippen LogP contribution in [0.25, 0.3) is 0 Å². The van der Waals surface area contributed by atoms with Gasteiger partial charge in [0, 0.05) is 18.9 Å². The fraction of sp³-hybridized carbons (Fsp3) is 0.824. The fourth-order valence-corrected chi connectivity index (χ4v) is 2.40. The Hall–Kier alpha value is -1.84. The lowest BCUT2D eigenvalue weighted by Gasteiger charge is -2.40. The maximum Gasteiger partial charge on any atom is 0.473 e. The van der Waals surface area contributed by atoms with Crippen molar-refractivity contribution in [3.05, 3.63) is 12.7 Å². The first kappa shape index (κ1) is 32.2. The summed E-state index contributed by atoms with van der Waals surface area (Å²) in [5, 5.41) is 0. The average Bonchev–Trinajstić information content (AvgIpc) is 2.64. The first-order chi connectivity index (χ1) is 14.9. The maximum absolute atomic E-state index is 13.7. The Balaban J connectivity index is 5.52. The van der Waals surface area contributed by atoms with E-state index in [0.717, 1.165) is 0 Å². The summed E-state index contributed by atoms with van der Waals surface area (Å²) in [6, 6.07) is 0. The van der Waals surface area contributed by atoms with Crippen LogP contribution in [0.5, 0.6) is 0 Å². The van der Waals surface area contributed by atoms with E-state index in [1.807, 2.05) is 0 Å². The third-order valence-corrected chi connectivity index (χ3v) is 4.35. The van der Waals surface area contributed by atoms with Crippen molar-refractivity contribution in [3.8, 4) is 0 Å². The van der Waals surface area contributed by atoms with Gasteiger partial charge in [0.2, 0.25) is 0 Å². The van der Waals surface area contributed by atoms with Crippen molar-refractivity contribution in [1.82, 2.24) is 0 Å². The Morgan fingerprint density at radius 2 is 0.971 bits per heavy atom. The zero-order valence-electron chi connectivity index (χ0n) is 16.7. The van der Waals surface area contributed by atoms with Crippen LogP contribution in [0.4, 0.5) is 65.9 Å². The molecular formula is C17H17F15O2. The number of halogens is 15. The molecule has 17 heteroatoms. The molecule has 0 fully saturated rings. The molecule has 0 rings (SSSR count). The summed E-state index contributed by atoms with van der Waals surface area (Å²) in [6.45, 7) is 2.41. The number of carbonyl (C=O) groups is 1. The van der Waals surface area contributed by atoms with Crippen LogP contribution < -0.4 is 0 Å². The minimum atomic E-state index is -7.88. The Morgan fingerprint density at radius 3 is 1.38 bits per heavy atom. The van der Waals surface area contributed by atoms with Gasteiger partial charge in [0.15, 0.2) is 0 Å². The second kappa shape index (κ2) is 10.4. The van der Waals surface area contributed by atoms with Gasteiger partial charge in [-0.15, -0.1) is 0 Å². The molecule has 34 heavy (non-hydrogen) atoms.